The first-order valence-corrected chi connectivity index (χ1v) is 12.7. The number of phenolic OH excluding ortho intramolecular Hbond substituents is 2. The van der Waals surface area contributed by atoms with Gasteiger partial charge in [0.05, 0.1) is 6.61 Å². The Morgan fingerprint density at radius 3 is 1.42 bits per heavy atom. The first-order valence-electron chi connectivity index (χ1n) is 12.7. The van der Waals surface area contributed by atoms with E-state index in [9.17, 15) is 10.2 Å². The molecule has 0 aliphatic rings. The maximum Gasteiger partial charge on any atom is 0.119 e. The molecule has 5 aromatic rings. The van der Waals surface area contributed by atoms with Gasteiger partial charge in [0.2, 0.25) is 0 Å². The summed E-state index contributed by atoms with van der Waals surface area (Å²) in [4.78, 5) is 2.22. The summed E-state index contributed by atoms with van der Waals surface area (Å²) in [6.07, 6.45) is 0.713. The van der Waals surface area contributed by atoms with Crippen molar-refractivity contribution >= 4 is 17.1 Å². The van der Waals surface area contributed by atoms with Crippen LogP contribution in [0.15, 0.2) is 133 Å². The van der Waals surface area contributed by atoms with Gasteiger partial charge in [0, 0.05) is 22.5 Å². The monoisotopic (exact) mass is 501 g/mol. The smallest absolute Gasteiger partial charge is 0.119 e. The Labute approximate surface area is 224 Å². The van der Waals surface area contributed by atoms with Crippen molar-refractivity contribution in [2.24, 2.45) is 0 Å². The summed E-state index contributed by atoms with van der Waals surface area (Å²) in [6.45, 7) is 2.66. The Morgan fingerprint density at radius 2 is 0.974 bits per heavy atom. The van der Waals surface area contributed by atoms with Crippen LogP contribution in [0.2, 0.25) is 0 Å². The van der Waals surface area contributed by atoms with Gasteiger partial charge in [-0.05, 0) is 90.3 Å². The molecule has 38 heavy (non-hydrogen) atoms. The molecular weight excluding hydrogens is 470 g/mol. The summed E-state index contributed by atoms with van der Waals surface area (Å²) in [5.41, 5.74) is 5.01. The van der Waals surface area contributed by atoms with Gasteiger partial charge in [0.25, 0.3) is 0 Å². The van der Waals surface area contributed by atoms with Crippen molar-refractivity contribution in [3.8, 4) is 17.2 Å². The number of benzene rings is 5. The van der Waals surface area contributed by atoms with E-state index in [0.717, 1.165) is 33.9 Å². The Kier molecular flexibility index (Phi) is 7.32. The number of nitrogens with zero attached hydrogens (tertiary/aromatic N) is 1. The van der Waals surface area contributed by atoms with Crippen molar-refractivity contribution in [1.29, 1.82) is 0 Å². The molecule has 0 heterocycles. The molecule has 0 radical (unpaired) electrons. The molecule has 0 atom stereocenters. The van der Waals surface area contributed by atoms with Gasteiger partial charge in [-0.15, -0.1) is 0 Å². The van der Waals surface area contributed by atoms with E-state index in [1.807, 2.05) is 72.8 Å². The molecule has 0 fully saturated rings. The van der Waals surface area contributed by atoms with Crippen LogP contribution in [0.25, 0.3) is 0 Å². The standard InChI is InChI=1S/C34H31NO3/c1-34(26-12-18-31(36)19-13-26,27-14-20-32(37)21-15-27)24-25-38-33-22-16-30(17-23-33)35(28-8-4-2-5-9-28)29-10-6-3-7-11-29/h2-23,36-37H,24-25H2,1H3. The van der Waals surface area contributed by atoms with E-state index in [1.165, 1.54) is 0 Å². The number of aromatic hydroxyl groups is 2. The van der Waals surface area contributed by atoms with Gasteiger partial charge in [-0.25, -0.2) is 0 Å². The van der Waals surface area contributed by atoms with Gasteiger partial charge in [-0.3, -0.25) is 0 Å². The first kappa shape index (κ1) is 25.0. The third-order valence-corrected chi connectivity index (χ3v) is 7.00. The van der Waals surface area contributed by atoms with Crippen molar-refractivity contribution in [2.45, 2.75) is 18.8 Å². The van der Waals surface area contributed by atoms with E-state index in [0.29, 0.717) is 13.0 Å². The lowest BCUT2D eigenvalue weighted by Crippen LogP contribution is -2.26. The van der Waals surface area contributed by atoms with Gasteiger partial charge >= 0.3 is 0 Å². The van der Waals surface area contributed by atoms with Crippen molar-refractivity contribution in [3.63, 3.8) is 0 Å². The fraction of sp³-hybridized carbons (Fsp3) is 0.118. The van der Waals surface area contributed by atoms with Crippen LogP contribution in [0, 0.1) is 0 Å². The second kappa shape index (κ2) is 11.1. The maximum absolute atomic E-state index is 9.80. The average molecular weight is 502 g/mol. The molecular formula is C34H31NO3. The number of para-hydroxylation sites is 2. The van der Waals surface area contributed by atoms with Crippen molar-refractivity contribution in [2.75, 3.05) is 11.5 Å². The molecule has 0 spiro atoms. The van der Waals surface area contributed by atoms with Crippen molar-refractivity contribution < 1.29 is 14.9 Å². The molecule has 0 aromatic heterocycles. The number of hydrogen-bond donors (Lipinski definition) is 2. The van der Waals surface area contributed by atoms with Crippen LogP contribution in [-0.2, 0) is 5.41 Å². The SMILES string of the molecule is CC(CCOc1ccc(N(c2ccccc2)c2ccccc2)cc1)(c1ccc(O)cc1)c1ccc(O)cc1. The molecule has 190 valence electrons. The highest BCUT2D eigenvalue weighted by molar-refractivity contribution is 5.76. The van der Waals surface area contributed by atoms with E-state index in [4.69, 9.17) is 4.74 Å². The number of rotatable bonds is 9. The topological polar surface area (TPSA) is 52.9 Å². The molecule has 0 saturated carbocycles. The van der Waals surface area contributed by atoms with Gasteiger partial charge < -0.3 is 19.8 Å². The quantitative estimate of drug-likeness (QED) is 0.213. The lowest BCUT2D eigenvalue weighted by Gasteiger charge is -2.31. The summed E-state index contributed by atoms with van der Waals surface area (Å²) in [5.74, 6) is 1.27. The highest BCUT2D eigenvalue weighted by Crippen LogP contribution is 2.38. The lowest BCUT2D eigenvalue weighted by molar-refractivity contribution is 0.280. The van der Waals surface area contributed by atoms with Crippen LogP contribution in [0.3, 0.4) is 0 Å². The van der Waals surface area contributed by atoms with Crippen molar-refractivity contribution in [3.05, 3.63) is 145 Å². The molecule has 5 aromatic carbocycles. The van der Waals surface area contributed by atoms with Gasteiger partial charge in [-0.2, -0.15) is 0 Å². The second-order valence-electron chi connectivity index (χ2n) is 9.52. The zero-order chi connectivity index (χ0) is 26.4. The predicted molar refractivity (Wildman–Crippen MR) is 154 cm³/mol. The van der Waals surface area contributed by atoms with Gasteiger partial charge in [-0.1, -0.05) is 67.6 Å². The third-order valence-electron chi connectivity index (χ3n) is 7.00. The minimum Gasteiger partial charge on any atom is -0.508 e. The Hall–Kier alpha value is -4.70. The predicted octanol–water partition coefficient (Wildman–Crippen LogP) is 8.34. The zero-order valence-corrected chi connectivity index (χ0v) is 21.4. The molecule has 4 nitrogen and oxygen atoms in total. The second-order valence-corrected chi connectivity index (χ2v) is 9.52. The summed E-state index contributed by atoms with van der Waals surface area (Å²) in [5, 5.41) is 19.6. The van der Waals surface area contributed by atoms with Gasteiger partial charge in [0.15, 0.2) is 0 Å². The number of anilines is 3. The number of phenols is 2. The minimum absolute atomic E-state index is 0.234. The Bertz CT molecular complexity index is 1350. The summed E-state index contributed by atoms with van der Waals surface area (Å²) in [7, 11) is 0. The highest BCUT2D eigenvalue weighted by Gasteiger charge is 2.29. The maximum atomic E-state index is 9.80. The number of ether oxygens (including phenoxy) is 1. The first-order chi connectivity index (χ1) is 18.5. The van der Waals surface area contributed by atoms with E-state index < -0.39 is 0 Å². The molecule has 0 saturated heterocycles. The van der Waals surface area contributed by atoms with E-state index in [1.54, 1.807) is 24.3 Å². The fourth-order valence-electron chi connectivity index (χ4n) is 4.78. The largest absolute Gasteiger partial charge is 0.508 e. The summed E-state index contributed by atoms with van der Waals surface area (Å²) < 4.78 is 6.22. The van der Waals surface area contributed by atoms with Crippen LogP contribution < -0.4 is 9.64 Å². The van der Waals surface area contributed by atoms with Crippen molar-refractivity contribution in [1.82, 2.24) is 0 Å². The normalized spacial score (nSPS) is 11.2. The molecule has 0 aliphatic heterocycles. The molecule has 0 bridgehead atoms. The van der Waals surface area contributed by atoms with E-state index >= 15 is 0 Å². The van der Waals surface area contributed by atoms with E-state index in [-0.39, 0.29) is 16.9 Å². The Balaban J connectivity index is 1.34. The van der Waals surface area contributed by atoms with Crippen LogP contribution in [-0.4, -0.2) is 16.8 Å². The Morgan fingerprint density at radius 1 is 0.553 bits per heavy atom. The fourth-order valence-corrected chi connectivity index (χ4v) is 4.78. The molecule has 0 amide bonds. The molecule has 2 N–H and O–H groups in total. The molecule has 0 aliphatic carbocycles. The van der Waals surface area contributed by atoms with Crippen LogP contribution >= 0.6 is 0 Å². The summed E-state index contributed by atoms with van der Waals surface area (Å²) in [6, 6.07) is 43.4. The molecule has 0 unspecified atom stereocenters. The molecule has 5 rings (SSSR count). The van der Waals surface area contributed by atoms with E-state index in [2.05, 4.69) is 48.2 Å². The average Bonchev–Trinajstić information content (AvgIpc) is 2.96. The van der Waals surface area contributed by atoms with Gasteiger partial charge in [0.1, 0.15) is 17.2 Å². The van der Waals surface area contributed by atoms with Crippen LogP contribution in [0.5, 0.6) is 17.2 Å². The molecule has 4 heteroatoms. The minimum atomic E-state index is -0.362. The highest BCUT2D eigenvalue weighted by atomic mass is 16.5. The van der Waals surface area contributed by atoms with Crippen LogP contribution in [0.1, 0.15) is 24.5 Å². The lowest BCUT2D eigenvalue weighted by atomic mass is 9.74. The third kappa shape index (κ3) is 5.50. The summed E-state index contributed by atoms with van der Waals surface area (Å²) >= 11 is 0. The zero-order valence-electron chi connectivity index (χ0n) is 21.4. The van der Waals surface area contributed by atoms with Crippen LogP contribution in [0.4, 0.5) is 17.1 Å². The number of hydrogen-bond acceptors (Lipinski definition) is 4.